The highest BCUT2D eigenvalue weighted by molar-refractivity contribution is 5.69. The summed E-state index contributed by atoms with van der Waals surface area (Å²) in [6.45, 7) is 3.11. The molecule has 0 fully saturated rings. The molecule has 0 saturated heterocycles. The van der Waals surface area contributed by atoms with Gasteiger partial charge in [0.05, 0.1) is 28.3 Å². The molecule has 0 saturated carbocycles. The van der Waals surface area contributed by atoms with Crippen LogP contribution < -0.4 is 0 Å². The van der Waals surface area contributed by atoms with Gasteiger partial charge in [0.25, 0.3) is 0 Å². The normalized spacial score (nSPS) is 13.7. The van der Waals surface area contributed by atoms with Gasteiger partial charge in [0.15, 0.2) is 6.10 Å². The highest BCUT2D eigenvalue weighted by Gasteiger charge is 2.25. The molecule has 2 atom stereocenters. The number of nitrogens with zero attached hydrogens (tertiary/aromatic N) is 1. The number of hydrogen-bond acceptors (Lipinski definition) is 7. The lowest BCUT2D eigenvalue weighted by Gasteiger charge is -2.28. The molecule has 0 N–H and O–H groups in total. The summed E-state index contributed by atoms with van der Waals surface area (Å²) >= 11 is 0. The molecule has 0 rings (SSSR count). The molecule has 128 valence electrons. The predicted molar refractivity (Wildman–Crippen MR) is 76.7 cm³/mol. The summed E-state index contributed by atoms with van der Waals surface area (Å²) in [5.74, 6) is -0.939. The number of methoxy groups -OCH3 is 1. The minimum atomic E-state index is -1.03. The Labute approximate surface area is 130 Å². The van der Waals surface area contributed by atoms with Crippen LogP contribution >= 0.6 is 0 Å². The van der Waals surface area contributed by atoms with Gasteiger partial charge in [-0.1, -0.05) is 0 Å². The lowest BCUT2D eigenvalue weighted by atomic mass is 10.2. The van der Waals surface area contributed by atoms with Gasteiger partial charge in [-0.3, -0.25) is 9.59 Å². The van der Waals surface area contributed by atoms with Crippen LogP contribution in [0.4, 0.5) is 4.79 Å². The SMILES string of the molecule is COC(=O)CCC(C[N+](C)(C)C)OC(=O)OC(C)OC(C)=O. The highest BCUT2D eigenvalue weighted by Crippen LogP contribution is 2.10. The Hall–Kier alpha value is -1.83. The first kappa shape index (κ1) is 20.2. The minimum absolute atomic E-state index is 0.133. The average molecular weight is 320 g/mol. The van der Waals surface area contributed by atoms with E-state index >= 15 is 0 Å². The Kier molecular flexibility index (Phi) is 8.47. The van der Waals surface area contributed by atoms with Crippen molar-refractivity contribution in [2.24, 2.45) is 0 Å². The highest BCUT2D eigenvalue weighted by atomic mass is 16.8. The molecule has 0 aliphatic heterocycles. The Morgan fingerprint density at radius 2 is 1.64 bits per heavy atom. The van der Waals surface area contributed by atoms with E-state index in [1.165, 1.54) is 21.0 Å². The van der Waals surface area contributed by atoms with Crippen molar-refractivity contribution in [2.75, 3.05) is 34.8 Å². The third-order valence-electron chi connectivity index (χ3n) is 2.51. The lowest BCUT2D eigenvalue weighted by Crippen LogP contribution is -2.43. The Bertz CT molecular complexity index is 389. The Balaban J connectivity index is 4.51. The summed E-state index contributed by atoms with van der Waals surface area (Å²) in [5.41, 5.74) is 0. The smallest absolute Gasteiger partial charge is 0.469 e. The molecule has 2 unspecified atom stereocenters. The van der Waals surface area contributed by atoms with Crippen LogP contribution in [0.5, 0.6) is 0 Å². The van der Waals surface area contributed by atoms with Crippen molar-refractivity contribution in [1.82, 2.24) is 0 Å². The summed E-state index contributed by atoms with van der Waals surface area (Å²) in [5, 5.41) is 0. The molecule has 0 aromatic rings. The van der Waals surface area contributed by atoms with Crippen molar-refractivity contribution in [3.63, 3.8) is 0 Å². The van der Waals surface area contributed by atoms with Crippen molar-refractivity contribution in [3.05, 3.63) is 0 Å². The first-order valence-electron chi connectivity index (χ1n) is 6.95. The fraction of sp³-hybridized carbons (Fsp3) is 0.786. The maximum atomic E-state index is 11.7. The molecule has 0 amide bonds. The van der Waals surface area contributed by atoms with Crippen LogP contribution in [0.1, 0.15) is 26.7 Å². The van der Waals surface area contributed by atoms with Crippen LogP contribution in [0, 0.1) is 0 Å². The second-order valence-corrected chi connectivity index (χ2v) is 5.87. The van der Waals surface area contributed by atoms with Crippen molar-refractivity contribution in [1.29, 1.82) is 0 Å². The van der Waals surface area contributed by atoms with E-state index in [2.05, 4.69) is 9.47 Å². The van der Waals surface area contributed by atoms with Gasteiger partial charge in [-0.25, -0.2) is 4.79 Å². The zero-order valence-corrected chi connectivity index (χ0v) is 14.1. The topological polar surface area (TPSA) is 88.1 Å². The maximum absolute atomic E-state index is 11.7. The van der Waals surface area contributed by atoms with E-state index in [4.69, 9.17) is 9.47 Å². The largest absolute Gasteiger partial charge is 0.511 e. The van der Waals surface area contributed by atoms with E-state index in [-0.39, 0.29) is 12.4 Å². The molecule has 8 nitrogen and oxygen atoms in total. The molecule has 0 heterocycles. The van der Waals surface area contributed by atoms with Gasteiger partial charge < -0.3 is 23.4 Å². The van der Waals surface area contributed by atoms with Crippen LogP contribution in [0.25, 0.3) is 0 Å². The predicted octanol–water partition coefficient (Wildman–Crippen LogP) is 1.08. The fourth-order valence-electron chi connectivity index (χ4n) is 1.74. The number of esters is 2. The first-order chi connectivity index (χ1) is 10.0. The zero-order chi connectivity index (χ0) is 17.3. The van der Waals surface area contributed by atoms with Crippen molar-refractivity contribution >= 4 is 18.1 Å². The number of ether oxygens (including phenoxy) is 4. The Morgan fingerprint density at radius 1 is 1.05 bits per heavy atom. The minimum Gasteiger partial charge on any atom is -0.469 e. The van der Waals surface area contributed by atoms with Crippen molar-refractivity contribution < 1.29 is 37.8 Å². The van der Waals surface area contributed by atoms with E-state index in [0.29, 0.717) is 17.4 Å². The van der Waals surface area contributed by atoms with E-state index in [1.54, 1.807) is 0 Å². The van der Waals surface area contributed by atoms with Crippen LogP contribution in [0.15, 0.2) is 0 Å². The molecule has 22 heavy (non-hydrogen) atoms. The molecule has 0 aromatic carbocycles. The molecular weight excluding hydrogens is 294 g/mol. The van der Waals surface area contributed by atoms with Gasteiger partial charge in [-0.2, -0.15) is 0 Å². The summed E-state index contributed by atoms with van der Waals surface area (Å²) in [7, 11) is 7.09. The third kappa shape index (κ3) is 10.9. The molecular formula is C14H26NO7+. The standard InChI is InChI=1S/C14H26NO7/c1-10(16)20-11(2)21-14(18)22-12(9-15(3,4)5)7-8-13(17)19-6/h11-12H,7-9H2,1-6H3/q+1. The average Bonchev–Trinajstić information content (AvgIpc) is 2.32. The monoisotopic (exact) mass is 320 g/mol. The second-order valence-electron chi connectivity index (χ2n) is 5.87. The fourth-order valence-corrected chi connectivity index (χ4v) is 1.74. The number of rotatable bonds is 8. The van der Waals surface area contributed by atoms with E-state index in [1.807, 2.05) is 21.1 Å². The molecule has 0 aliphatic rings. The summed E-state index contributed by atoms with van der Waals surface area (Å²) < 4.78 is 19.8. The van der Waals surface area contributed by atoms with E-state index < -0.39 is 24.5 Å². The summed E-state index contributed by atoms with van der Waals surface area (Å²) in [4.78, 5) is 33.6. The first-order valence-corrected chi connectivity index (χ1v) is 6.95. The summed E-state index contributed by atoms with van der Waals surface area (Å²) in [6, 6.07) is 0. The maximum Gasteiger partial charge on any atom is 0.511 e. The van der Waals surface area contributed by atoms with Crippen LogP contribution in [-0.4, -0.2) is 69.8 Å². The van der Waals surface area contributed by atoms with Gasteiger partial charge in [0.2, 0.25) is 6.29 Å². The molecule has 0 aliphatic carbocycles. The lowest BCUT2D eigenvalue weighted by molar-refractivity contribution is -0.873. The van der Waals surface area contributed by atoms with Crippen LogP contribution in [0.2, 0.25) is 0 Å². The van der Waals surface area contributed by atoms with E-state index in [0.717, 1.165) is 0 Å². The zero-order valence-electron chi connectivity index (χ0n) is 14.1. The molecule has 8 heteroatoms. The Morgan fingerprint density at radius 3 is 2.09 bits per heavy atom. The van der Waals surface area contributed by atoms with E-state index in [9.17, 15) is 14.4 Å². The number of hydrogen-bond donors (Lipinski definition) is 0. The van der Waals surface area contributed by atoms with Crippen molar-refractivity contribution in [2.45, 2.75) is 39.1 Å². The molecule has 0 radical (unpaired) electrons. The number of quaternary nitrogens is 1. The van der Waals surface area contributed by atoms with Gasteiger partial charge in [0, 0.05) is 26.7 Å². The van der Waals surface area contributed by atoms with Gasteiger partial charge >= 0.3 is 18.1 Å². The van der Waals surface area contributed by atoms with Gasteiger partial charge in [-0.05, 0) is 0 Å². The second kappa shape index (κ2) is 9.24. The van der Waals surface area contributed by atoms with Crippen molar-refractivity contribution in [3.8, 4) is 0 Å². The third-order valence-corrected chi connectivity index (χ3v) is 2.51. The van der Waals surface area contributed by atoms with Gasteiger partial charge in [0.1, 0.15) is 6.54 Å². The van der Waals surface area contributed by atoms with Crippen LogP contribution in [-0.2, 0) is 28.5 Å². The number of carbonyl (C=O) groups excluding carboxylic acids is 3. The van der Waals surface area contributed by atoms with Crippen LogP contribution in [0.3, 0.4) is 0 Å². The number of carbonyl (C=O) groups is 3. The quantitative estimate of drug-likeness (QED) is 0.286. The molecule has 0 bridgehead atoms. The summed E-state index contributed by atoms with van der Waals surface area (Å²) in [6.07, 6.45) is -2.05. The van der Waals surface area contributed by atoms with Gasteiger partial charge in [-0.15, -0.1) is 0 Å². The molecule has 0 aromatic heterocycles. The number of likely N-dealkylation sites (N-methyl/N-ethyl adjacent to an activating group) is 1. The molecule has 0 spiro atoms.